The third-order valence-electron chi connectivity index (χ3n) is 13.5. The van der Waals surface area contributed by atoms with Crippen molar-refractivity contribution >= 4 is 50.9 Å². The average Bonchev–Trinajstić information content (AvgIpc) is 3.48. The van der Waals surface area contributed by atoms with E-state index in [1.54, 1.807) is 47.9 Å². The van der Waals surface area contributed by atoms with Crippen molar-refractivity contribution in [1.29, 1.82) is 5.26 Å². The van der Waals surface area contributed by atoms with Crippen LogP contribution in [-0.4, -0.2) is 82.0 Å². The maximum Gasteiger partial charge on any atom is 0.329 e. The zero-order valence-corrected chi connectivity index (χ0v) is 32.2. The summed E-state index contributed by atoms with van der Waals surface area (Å²) in [5, 5.41) is 20.3. The first-order valence-electron chi connectivity index (χ1n) is 19.8. The smallest absolute Gasteiger partial charge is 0.329 e. The van der Waals surface area contributed by atoms with Crippen LogP contribution in [0.1, 0.15) is 56.6 Å². The van der Waals surface area contributed by atoms with E-state index in [0.29, 0.717) is 39.5 Å². The number of piperidine rings is 1. The number of halogens is 2. The average molecular weight is 789 g/mol. The molecule has 3 amide bonds. The van der Waals surface area contributed by atoms with Crippen LogP contribution in [0.25, 0.3) is 21.8 Å². The standard InChI is InChI=1S/C42H42F2N10O4/c1-46-32-6-4-30(43)37(29(32)20-45)58-26-3-5-33-27(13-26)39(56)54(23-47-33)25-18-41(19-25)8-11-51(12-9-41)24-16-42(17-24)21-52(22-42)35-15-34-28(14-31(35)44)38(49-50(34)2)53-10-7-36(55)48-40(53)57/h3-6,13-15,23-25,46H,7-12,16-19,21-22H2,1-2H3,(H,48,55,57). The molecule has 5 aliphatic rings. The third-order valence-corrected chi connectivity index (χ3v) is 13.5. The number of aromatic nitrogens is 4. The number of nitrogens with one attached hydrogen (secondary N) is 2. The minimum atomic E-state index is -0.673. The quantitative estimate of drug-likeness (QED) is 0.207. The van der Waals surface area contributed by atoms with E-state index in [1.807, 2.05) is 12.1 Å². The molecule has 2 N–H and O–H groups in total. The van der Waals surface area contributed by atoms with Crippen LogP contribution >= 0.6 is 0 Å². The van der Waals surface area contributed by atoms with E-state index in [-0.39, 0.29) is 64.2 Å². The Hall–Kier alpha value is -6.08. The van der Waals surface area contributed by atoms with Gasteiger partial charge in [-0.3, -0.25) is 29.1 Å². The lowest BCUT2D eigenvalue weighted by Crippen LogP contribution is -2.67. The van der Waals surface area contributed by atoms with Crippen molar-refractivity contribution in [1.82, 2.24) is 29.5 Å². The summed E-state index contributed by atoms with van der Waals surface area (Å²) in [5.41, 5.74) is 2.50. The number of benzene rings is 3. The molecule has 2 saturated carbocycles. The highest BCUT2D eigenvalue weighted by atomic mass is 19.1. The van der Waals surface area contributed by atoms with Crippen molar-refractivity contribution in [2.24, 2.45) is 17.9 Å². The van der Waals surface area contributed by atoms with Crippen molar-refractivity contribution in [2.75, 3.05) is 54.9 Å². The second-order valence-corrected chi connectivity index (χ2v) is 16.9. The van der Waals surface area contributed by atoms with Crippen molar-refractivity contribution in [2.45, 2.75) is 57.0 Å². The summed E-state index contributed by atoms with van der Waals surface area (Å²) in [6.07, 6.45) is 7.99. The van der Waals surface area contributed by atoms with Gasteiger partial charge in [0.2, 0.25) is 5.91 Å². The van der Waals surface area contributed by atoms with E-state index in [9.17, 15) is 24.0 Å². The lowest BCUT2D eigenvalue weighted by molar-refractivity contribution is -0.120. The minimum absolute atomic E-state index is 0.0415. The number of likely N-dealkylation sites (tertiary alicyclic amines) is 1. The molecule has 0 unspecified atom stereocenters. The predicted octanol–water partition coefficient (Wildman–Crippen LogP) is 5.80. The molecular weight excluding hydrogens is 747 g/mol. The maximum absolute atomic E-state index is 15.6. The molecule has 3 aromatic carbocycles. The zero-order chi connectivity index (χ0) is 40.1. The Labute approximate surface area is 332 Å². The van der Waals surface area contributed by atoms with Crippen molar-refractivity contribution in [3.05, 3.63) is 76.3 Å². The predicted molar refractivity (Wildman–Crippen MR) is 212 cm³/mol. The van der Waals surface area contributed by atoms with Gasteiger partial charge in [0.25, 0.3) is 5.56 Å². The SMILES string of the molecule is CNc1ccc(F)c(Oc2ccc3ncn(C4CC5(CCN(C6CC7(C6)CN(c6cc8c(cc6F)c(N6CCC(=O)NC6=O)nn8C)C7)CC5)C4)c(=O)c3c2)c1C#N. The molecule has 2 aromatic heterocycles. The lowest BCUT2D eigenvalue weighted by atomic mass is 9.57. The number of fused-ring (bicyclic) bond motifs is 2. The van der Waals surface area contributed by atoms with Crippen LogP contribution in [0.2, 0.25) is 0 Å². The molecule has 5 aromatic rings. The second-order valence-electron chi connectivity index (χ2n) is 16.9. The van der Waals surface area contributed by atoms with Crippen LogP contribution in [-0.2, 0) is 11.8 Å². The second kappa shape index (κ2) is 13.2. The molecule has 3 aliphatic heterocycles. The van der Waals surface area contributed by atoms with Crippen LogP contribution in [0.3, 0.4) is 0 Å². The number of rotatable bonds is 7. The number of ether oxygens (including phenoxy) is 1. The van der Waals surface area contributed by atoms with E-state index in [4.69, 9.17) is 4.74 Å². The number of urea groups is 1. The molecule has 2 spiro atoms. The topological polar surface area (TPSA) is 154 Å². The number of carbonyl (C=O) groups is 2. The molecule has 5 fully saturated rings. The molecule has 16 heteroatoms. The molecule has 5 heterocycles. The summed E-state index contributed by atoms with van der Waals surface area (Å²) < 4.78 is 39.6. The largest absolute Gasteiger partial charge is 0.453 e. The molecular formula is C42H42F2N10O4. The van der Waals surface area contributed by atoms with E-state index in [0.717, 1.165) is 70.2 Å². The summed E-state index contributed by atoms with van der Waals surface area (Å²) >= 11 is 0. The van der Waals surface area contributed by atoms with Gasteiger partial charge in [-0.15, -0.1) is 0 Å². The highest BCUT2D eigenvalue weighted by Crippen LogP contribution is 2.57. The fourth-order valence-corrected chi connectivity index (χ4v) is 10.3. The lowest BCUT2D eigenvalue weighted by Gasteiger charge is -2.63. The number of hydrogen-bond donors (Lipinski definition) is 2. The molecule has 298 valence electrons. The van der Waals surface area contributed by atoms with Crippen molar-refractivity contribution < 1.29 is 23.1 Å². The fraction of sp³-hybridized carbons (Fsp3) is 0.429. The Bertz CT molecular complexity index is 2640. The third kappa shape index (κ3) is 5.77. The molecule has 3 saturated heterocycles. The number of anilines is 3. The number of amides is 3. The monoisotopic (exact) mass is 788 g/mol. The number of aryl methyl sites for hydroxylation is 1. The molecule has 0 bridgehead atoms. The van der Waals surface area contributed by atoms with E-state index < -0.39 is 11.8 Å². The van der Waals surface area contributed by atoms with Crippen LogP contribution in [0.4, 0.5) is 30.8 Å². The number of carbonyl (C=O) groups excluding carboxylic acids is 2. The molecule has 0 atom stereocenters. The maximum atomic E-state index is 15.6. The Morgan fingerprint density at radius 3 is 2.41 bits per heavy atom. The minimum Gasteiger partial charge on any atom is -0.453 e. The molecule has 2 aliphatic carbocycles. The first-order valence-corrected chi connectivity index (χ1v) is 19.8. The van der Waals surface area contributed by atoms with E-state index in [2.05, 4.69) is 30.5 Å². The van der Waals surface area contributed by atoms with Gasteiger partial charge in [-0.25, -0.2) is 18.6 Å². The summed E-state index contributed by atoms with van der Waals surface area (Å²) in [6.45, 7) is 3.85. The highest BCUT2D eigenvalue weighted by Gasteiger charge is 2.56. The Morgan fingerprint density at radius 1 is 0.931 bits per heavy atom. The molecule has 14 nitrogen and oxygen atoms in total. The number of nitrogens with zero attached hydrogens (tertiary/aromatic N) is 8. The van der Waals surface area contributed by atoms with Gasteiger partial charge < -0.3 is 19.9 Å². The Morgan fingerprint density at radius 2 is 1.69 bits per heavy atom. The summed E-state index contributed by atoms with van der Waals surface area (Å²) in [4.78, 5) is 48.6. The van der Waals surface area contributed by atoms with Crippen LogP contribution in [0.15, 0.2) is 53.6 Å². The van der Waals surface area contributed by atoms with Crippen LogP contribution in [0.5, 0.6) is 11.5 Å². The summed E-state index contributed by atoms with van der Waals surface area (Å²) in [6, 6.07) is 12.9. The first-order chi connectivity index (χ1) is 28.0. The van der Waals surface area contributed by atoms with Gasteiger partial charge in [-0.2, -0.15) is 10.4 Å². The van der Waals surface area contributed by atoms with Gasteiger partial charge in [-0.05, 0) is 99.5 Å². The van der Waals surface area contributed by atoms with Gasteiger partial charge in [0, 0.05) is 63.0 Å². The summed E-state index contributed by atoms with van der Waals surface area (Å²) in [7, 11) is 3.42. The number of imide groups is 1. The molecule has 58 heavy (non-hydrogen) atoms. The van der Waals surface area contributed by atoms with E-state index >= 15 is 4.39 Å². The molecule has 10 rings (SSSR count). The van der Waals surface area contributed by atoms with Crippen molar-refractivity contribution in [3.63, 3.8) is 0 Å². The molecule has 0 radical (unpaired) electrons. The zero-order valence-electron chi connectivity index (χ0n) is 32.2. The van der Waals surface area contributed by atoms with Gasteiger partial charge >= 0.3 is 6.03 Å². The van der Waals surface area contributed by atoms with Gasteiger partial charge in [0.05, 0.1) is 34.1 Å². The number of hydrogen-bond acceptors (Lipinski definition) is 10. The van der Waals surface area contributed by atoms with Gasteiger partial charge in [-0.1, -0.05) is 0 Å². The normalized spacial score (nSPS) is 21.5. The van der Waals surface area contributed by atoms with E-state index in [1.165, 1.54) is 23.1 Å². The van der Waals surface area contributed by atoms with Crippen LogP contribution < -0.4 is 30.7 Å². The Kier molecular flexibility index (Phi) is 8.28. The Balaban J connectivity index is 0.744. The number of nitriles is 1. The van der Waals surface area contributed by atoms with Crippen LogP contribution in [0, 0.1) is 33.8 Å². The summed E-state index contributed by atoms with van der Waals surface area (Å²) in [5.74, 6) is -0.958. The fourth-order valence-electron chi connectivity index (χ4n) is 10.3. The van der Waals surface area contributed by atoms with Crippen molar-refractivity contribution in [3.8, 4) is 17.6 Å². The first kappa shape index (κ1) is 36.3. The van der Waals surface area contributed by atoms with Gasteiger partial charge in [0.1, 0.15) is 23.2 Å². The highest BCUT2D eigenvalue weighted by molar-refractivity contribution is 6.09. The van der Waals surface area contributed by atoms with Gasteiger partial charge in [0.15, 0.2) is 17.4 Å².